The number of aromatic amines is 1. The van der Waals surface area contributed by atoms with Crippen LogP contribution in [0.1, 0.15) is 10.6 Å². The first kappa shape index (κ1) is 8.65. The lowest BCUT2D eigenvalue weighted by atomic mass is 10.3. The molecule has 4 nitrogen and oxygen atoms in total. The average Bonchev–Trinajstić information content (AvgIpc) is 2.71. The summed E-state index contributed by atoms with van der Waals surface area (Å²) < 4.78 is 0. The number of rotatable bonds is 2. The van der Waals surface area contributed by atoms with Gasteiger partial charge < -0.3 is 0 Å². The summed E-state index contributed by atoms with van der Waals surface area (Å²) in [6.45, 7) is 1.97. The fourth-order valence-electron chi connectivity index (χ4n) is 0.972. The van der Waals surface area contributed by atoms with Crippen molar-refractivity contribution in [3.63, 3.8) is 0 Å². The Morgan fingerprint density at radius 2 is 2.38 bits per heavy atom. The van der Waals surface area contributed by atoms with Crippen molar-refractivity contribution in [1.29, 1.82) is 0 Å². The molecular weight excluding hydrogens is 208 g/mol. The maximum Gasteiger partial charge on any atom is 0.166 e. The van der Waals surface area contributed by atoms with E-state index < -0.39 is 0 Å². The van der Waals surface area contributed by atoms with Crippen LogP contribution in [0.5, 0.6) is 0 Å². The van der Waals surface area contributed by atoms with Crippen LogP contribution >= 0.6 is 22.9 Å². The van der Waals surface area contributed by atoms with E-state index in [0.717, 1.165) is 21.3 Å². The Balaban J connectivity index is 2.41. The first-order valence-electron chi connectivity index (χ1n) is 3.70. The van der Waals surface area contributed by atoms with Crippen molar-refractivity contribution in [2.75, 3.05) is 0 Å². The number of aromatic nitrogens is 4. The number of H-pyrrole nitrogens is 1. The van der Waals surface area contributed by atoms with Gasteiger partial charge in [-0.25, -0.2) is 0 Å². The molecule has 0 unspecified atom stereocenters. The Bertz CT molecular complexity index is 408. The summed E-state index contributed by atoms with van der Waals surface area (Å²) in [5.41, 5.74) is 1.99. The largest absolute Gasteiger partial charge is 0.275 e. The zero-order valence-corrected chi connectivity index (χ0v) is 8.48. The number of hydrogen-bond acceptors (Lipinski definition) is 4. The number of nitrogens with one attached hydrogen (secondary N) is 1. The van der Waals surface area contributed by atoms with Gasteiger partial charge in [0.2, 0.25) is 0 Å². The van der Waals surface area contributed by atoms with Gasteiger partial charge in [0.25, 0.3) is 0 Å². The van der Waals surface area contributed by atoms with E-state index in [1.807, 2.05) is 6.92 Å². The third kappa shape index (κ3) is 1.57. The highest BCUT2D eigenvalue weighted by Crippen LogP contribution is 2.24. The van der Waals surface area contributed by atoms with E-state index in [9.17, 15) is 0 Å². The predicted octanol–water partition coefficient (Wildman–Crippen LogP) is 1.98. The van der Waals surface area contributed by atoms with Crippen molar-refractivity contribution in [2.45, 2.75) is 12.8 Å². The van der Waals surface area contributed by atoms with Crippen LogP contribution in [0.3, 0.4) is 0 Å². The van der Waals surface area contributed by atoms with Crippen molar-refractivity contribution >= 4 is 22.9 Å². The van der Waals surface area contributed by atoms with E-state index in [1.54, 1.807) is 6.20 Å². The summed E-state index contributed by atoms with van der Waals surface area (Å²) in [5.74, 6) is 0.408. The van der Waals surface area contributed by atoms with Crippen LogP contribution in [0.25, 0.3) is 10.7 Å². The third-order valence-electron chi connectivity index (χ3n) is 1.62. The van der Waals surface area contributed by atoms with Gasteiger partial charge in [-0.2, -0.15) is 5.10 Å². The Morgan fingerprint density at radius 3 is 2.92 bits per heavy atom. The van der Waals surface area contributed by atoms with Crippen molar-refractivity contribution in [3.8, 4) is 10.7 Å². The highest BCUT2D eigenvalue weighted by molar-refractivity contribution is 7.14. The highest BCUT2D eigenvalue weighted by Gasteiger charge is 2.09. The van der Waals surface area contributed by atoms with Gasteiger partial charge in [-0.15, -0.1) is 21.8 Å². The quantitative estimate of drug-likeness (QED) is 0.778. The summed E-state index contributed by atoms with van der Waals surface area (Å²) in [5, 5.41) is 16.4. The molecule has 0 aliphatic rings. The molecule has 0 fully saturated rings. The second kappa shape index (κ2) is 3.43. The average molecular weight is 215 g/mol. The molecule has 0 aliphatic heterocycles. The fourth-order valence-corrected chi connectivity index (χ4v) is 1.94. The SMILES string of the molecule is Cc1cn[nH]c1-c1nnc(CCl)s1. The van der Waals surface area contributed by atoms with Crippen LogP contribution < -0.4 is 0 Å². The predicted molar refractivity (Wildman–Crippen MR) is 51.8 cm³/mol. The van der Waals surface area contributed by atoms with Crippen molar-refractivity contribution < 1.29 is 0 Å². The van der Waals surface area contributed by atoms with Crippen LogP contribution in [0.15, 0.2) is 6.20 Å². The summed E-state index contributed by atoms with van der Waals surface area (Å²) in [7, 11) is 0. The molecule has 6 heteroatoms. The maximum absolute atomic E-state index is 5.62. The minimum absolute atomic E-state index is 0.408. The molecule has 2 aromatic rings. The molecular formula is C7H7ClN4S. The molecule has 1 N–H and O–H groups in total. The zero-order valence-electron chi connectivity index (χ0n) is 6.91. The molecule has 0 radical (unpaired) electrons. The van der Waals surface area contributed by atoms with Crippen LogP contribution in [0, 0.1) is 6.92 Å². The molecule has 2 heterocycles. The van der Waals surface area contributed by atoms with Gasteiger partial charge in [0, 0.05) is 0 Å². The molecule has 0 bridgehead atoms. The molecule has 0 saturated heterocycles. The first-order valence-corrected chi connectivity index (χ1v) is 5.05. The molecule has 0 aromatic carbocycles. The molecule has 0 amide bonds. The second-order valence-electron chi connectivity index (χ2n) is 2.56. The molecule has 13 heavy (non-hydrogen) atoms. The highest BCUT2D eigenvalue weighted by atomic mass is 35.5. The van der Waals surface area contributed by atoms with E-state index in [2.05, 4.69) is 20.4 Å². The second-order valence-corrected chi connectivity index (χ2v) is 3.89. The Kier molecular flexibility index (Phi) is 2.28. The zero-order chi connectivity index (χ0) is 9.26. The van der Waals surface area contributed by atoms with Gasteiger partial charge in [0.05, 0.1) is 17.8 Å². The summed E-state index contributed by atoms with van der Waals surface area (Å²) in [6.07, 6.45) is 1.76. The number of alkyl halides is 1. The molecule has 0 spiro atoms. The van der Waals surface area contributed by atoms with Crippen molar-refractivity contribution in [2.24, 2.45) is 0 Å². The van der Waals surface area contributed by atoms with Gasteiger partial charge >= 0.3 is 0 Å². The van der Waals surface area contributed by atoms with E-state index in [-0.39, 0.29) is 0 Å². The summed E-state index contributed by atoms with van der Waals surface area (Å²) in [6, 6.07) is 0. The normalized spacial score (nSPS) is 10.6. The van der Waals surface area contributed by atoms with Crippen LogP contribution in [-0.4, -0.2) is 20.4 Å². The Hall–Kier alpha value is -0.940. The monoisotopic (exact) mass is 214 g/mol. The van der Waals surface area contributed by atoms with E-state index in [1.165, 1.54) is 11.3 Å². The summed E-state index contributed by atoms with van der Waals surface area (Å²) >= 11 is 7.10. The van der Waals surface area contributed by atoms with Crippen LogP contribution in [0.2, 0.25) is 0 Å². The standard InChI is InChI=1S/C7H7ClN4S/c1-4-3-9-11-6(4)7-12-10-5(2-8)13-7/h3H,2H2,1H3,(H,9,11). The van der Waals surface area contributed by atoms with E-state index in [0.29, 0.717) is 5.88 Å². The van der Waals surface area contributed by atoms with E-state index in [4.69, 9.17) is 11.6 Å². The van der Waals surface area contributed by atoms with Crippen molar-refractivity contribution in [3.05, 3.63) is 16.8 Å². The van der Waals surface area contributed by atoms with Crippen molar-refractivity contribution in [1.82, 2.24) is 20.4 Å². The molecule has 2 aromatic heterocycles. The molecule has 0 saturated carbocycles. The van der Waals surface area contributed by atoms with Gasteiger partial charge in [-0.1, -0.05) is 11.3 Å². The fraction of sp³-hybridized carbons (Fsp3) is 0.286. The lowest BCUT2D eigenvalue weighted by Crippen LogP contribution is -1.79. The number of hydrogen-bond donors (Lipinski definition) is 1. The minimum Gasteiger partial charge on any atom is -0.275 e. The molecule has 0 aliphatic carbocycles. The van der Waals surface area contributed by atoms with Gasteiger partial charge in [0.15, 0.2) is 5.01 Å². The lowest BCUT2D eigenvalue weighted by molar-refractivity contribution is 1.03. The van der Waals surface area contributed by atoms with E-state index >= 15 is 0 Å². The minimum atomic E-state index is 0.408. The van der Waals surface area contributed by atoms with Gasteiger partial charge in [-0.3, -0.25) is 5.10 Å². The Labute approximate surface area is 84.0 Å². The molecule has 68 valence electrons. The smallest absolute Gasteiger partial charge is 0.166 e. The number of halogens is 1. The van der Waals surface area contributed by atoms with Gasteiger partial charge in [-0.05, 0) is 12.5 Å². The maximum atomic E-state index is 5.62. The summed E-state index contributed by atoms with van der Waals surface area (Å²) in [4.78, 5) is 0. The molecule has 0 atom stereocenters. The van der Waals surface area contributed by atoms with Gasteiger partial charge in [0.1, 0.15) is 5.01 Å². The van der Waals surface area contributed by atoms with Crippen LogP contribution in [-0.2, 0) is 5.88 Å². The number of nitrogens with zero attached hydrogens (tertiary/aromatic N) is 3. The molecule has 2 rings (SSSR count). The topological polar surface area (TPSA) is 54.5 Å². The first-order chi connectivity index (χ1) is 6.31. The Morgan fingerprint density at radius 1 is 1.54 bits per heavy atom. The third-order valence-corrected chi connectivity index (χ3v) is 2.98. The van der Waals surface area contributed by atoms with Crippen LogP contribution in [0.4, 0.5) is 0 Å². The lowest BCUT2D eigenvalue weighted by Gasteiger charge is -1.88. The number of aryl methyl sites for hydroxylation is 1.